The average molecular weight is 185 g/mol. The summed E-state index contributed by atoms with van der Waals surface area (Å²) in [6, 6.07) is 8.71. The molecule has 0 saturated carbocycles. The highest BCUT2D eigenvalue weighted by Crippen LogP contribution is 2.45. The molecule has 0 N–H and O–H groups in total. The van der Waals surface area contributed by atoms with E-state index in [1.807, 2.05) is 12.3 Å². The molecular formula is C11H7NS. The smallest absolute Gasteiger partial charge is 0.0924 e. The van der Waals surface area contributed by atoms with Gasteiger partial charge >= 0.3 is 0 Å². The standard InChI is InChI=1S/C11H7NS/c1-2-7-11-9(5-1)10-6-3-4-8-12(10)13-11/h1-2,4-5,7-8,10H. The summed E-state index contributed by atoms with van der Waals surface area (Å²) in [7, 11) is 0. The van der Waals surface area contributed by atoms with Crippen molar-refractivity contribution in [2.75, 3.05) is 0 Å². The normalized spacial score (nSPS) is 23.1. The van der Waals surface area contributed by atoms with Gasteiger partial charge in [-0.2, -0.15) is 0 Å². The van der Waals surface area contributed by atoms with Crippen LogP contribution in [0.5, 0.6) is 0 Å². The van der Waals surface area contributed by atoms with E-state index in [2.05, 4.69) is 40.7 Å². The van der Waals surface area contributed by atoms with Crippen LogP contribution in [0.1, 0.15) is 11.6 Å². The Labute approximate surface area is 81.9 Å². The van der Waals surface area contributed by atoms with Gasteiger partial charge in [0.15, 0.2) is 0 Å². The lowest BCUT2D eigenvalue weighted by molar-refractivity contribution is 0.535. The molecule has 13 heavy (non-hydrogen) atoms. The topological polar surface area (TPSA) is 3.24 Å². The molecule has 1 atom stereocenters. The van der Waals surface area contributed by atoms with Crippen molar-refractivity contribution < 1.29 is 0 Å². The van der Waals surface area contributed by atoms with E-state index in [4.69, 9.17) is 0 Å². The van der Waals surface area contributed by atoms with E-state index < -0.39 is 0 Å². The van der Waals surface area contributed by atoms with Crippen molar-refractivity contribution in [2.24, 2.45) is 0 Å². The van der Waals surface area contributed by atoms with Gasteiger partial charge in [-0.15, -0.1) is 0 Å². The summed E-state index contributed by atoms with van der Waals surface area (Å²) >= 11 is 1.76. The SMILES string of the molecule is [C]1=[C]C2c3ccccc3SN2C=C1. The Hall–Kier alpha value is -1.15. The number of nitrogens with zero attached hydrogens (tertiary/aromatic N) is 1. The van der Waals surface area contributed by atoms with Crippen molar-refractivity contribution in [3.05, 3.63) is 54.3 Å². The second kappa shape index (κ2) is 2.67. The molecule has 2 heterocycles. The van der Waals surface area contributed by atoms with E-state index in [1.165, 1.54) is 10.5 Å². The monoisotopic (exact) mass is 185 g/mol. The van der Waals surface area contributed by atoms with Gasteiger partial charge < -0.3 is 4.31 Å². The zero-order chi connectivity index (χ0) is 8.67. The van der Waals surface area contributed by atoms with Gasteiger partial charge in [0.05, 0.1) is 6.04 Å². The first-order chi connectivity index (χ1) is 6.45. The van der Waals surface area contributed by atoms with Crippen LogP contribution in [0.4, 0.5) is 0 Å². The summed E-state index contributed by atoms with van der Waals surface area (Å²) in [5.74, 6) is 0. The zero-order valence-electron chi connectivity index (χ0n) is 6.90. The van der Waals surface area contributed by atoms with E-state index >= 15 is 0 Å². The number of fused-ring (bicyclic) bond motifs is 3. The van der Waals surface area contributed by atoms with Gasteiger partial charge in [0.1, 0.15) is 0 Å². The maximum Gasteiger partial charge on any atom is 0.0924 e. The Balaban J connectivity index is 2.12. The van der Waals surface area contributed by atoms with Crippen LogP contribution in [0.3, 0.4) is 0 Å². The molecule has 0 spiro atoms. The quantitative estimate of drug-likeness (QED) is 0.572. The lowest BCUT2D eigenvalue weighted by Gasteiger charge is -2.19. The van der Waals surface area contributed by atoms with Gasteiger partial charge in [-0.05, 0) is 41.8 Å². The third-order valence-electron chi connectivity index (χ3n) is 2.20. The molecule has 0 aromatic heterocycles. The highest BCUT2D eigenvalue weighted by molar-refractivity contribution is 7.97. The summed E-state index contributed by atoms with van der Waals surface area (Å²) in [5, 5.41) is 0. The van der Waals surface area contributed by atoms with Gasteiger partial charge in [0.25, 0.3) is 0 Å². The Morgan fingerprint density at radius 3 is 3.23 bits per heavy atom. The molecule has 1 aromatic carbocycles. The molecule has 0 amide bonds. The van der Waals surface area contributed by atoms with E-state index in [0.717, 1.165) is 0 Å². The van der Waals surface area contributed by atoms with Gasteiger partial charge in [-0.1, -0.05) is 18.2 Å². The molecule has 2 heteroatoms. The molecule has 3 rings (SSSR count). The Morgan fingerprint density at radius 2 is 2.23 bits per heavy atom. The number of allylic oxidation sites excluding steroid dienone is 2. The van der Waals surface area contributed by atoms with Crippen molar-refractivity contribution in [3.8, 4) is 0 Å². The van der Waals surface area contributed by atoms with Crippen molar-refractivity contribution in [3.63, 3.8) is 0 Å². The average Bonchev–Trinajstić information content (AvgIpc) is 2.56. The lowest BCUT2D eigenvalue weighted by atomic mass is 10.1. The fraction of sp³-hybridized carbons (Fsp3) is 0.0909. The maximum absolute atomic E-state index is 3.21. The zero-order valence-corrected chi connectivity index (χ0v) is 7.71. The van der Waals surface area contributed by atoms with E-state index in [1.54, 1.807) is 11.9 Å². The largest absolute Gasteiger partial charge is 0.307 e. The maximum atomic E-state index is 3.21. The van der Waals surface area contributed by atoms with E-state index in [-0.39, 0.29) is 6.04 Å². The molecule has 2 radical (unpaired) electrons. The second-order valence-corrected chi connectivity index (χ2v) is 4.04. The first kappa shape index (κ1) is 7.27. The number of rotatable bonds is 0. The molecule has 0 fully saturated rings. The van der Waals surface area contributed by atoms with Crippen molar-refractivity contribution >= 4 is 11.9 Å². The van der Waals surface area contributed by atoms with E-state index in [9.17, 15) is 0 Å². The molecule has 2 aliphatic heterocycles. The van der Waals surface area contributed by atoms with Crippen molar-refractivity contribution in [2.45, 2.75) is 10.9 Å². The fourth-order valence-electron chi connectivity index (χ4n) is 1.59. The minimum absolute atomic E-state index is 0.270. The minimum atomic E-state index is 0.270. The molecular weight excluding hydrogens is 178 g/mol. The van der Waals surface area contributed by atoms with Crippen molar-refractivity contribution in [1.82, 2.24) is 4.31 Å². The summed E-state index contributed by atoms with van der Waals surface area (Å²) < 4.78 is 2.20. The van der Waals surface area contributed by atoms with Crippen LogP contribution in [0.25, 0.3) is 0 Å². The summed E-state index contributed by atoms with van der Waals surface area (Å²) in [5.41, 5.74) is 1.34. The second-order valence-electron chi connectivity index (χ2n) is 3.00. The molecule has 1 unspecified atom stereocenters. The van der Waals surface area contributed by atoms with Crippen LogP contribution >= 0.6 is 11.9 Å². The Kier molecular flexibility index (Phi) is 1.49. The molecule has 1 aromatic rings. The van der Waals surface area contributed by atoms with Crippen LogP contribution in [-0.2, 0) is 0 Å². The van der Waals surface area contributed by atoms with Gasteiger partial charge in [0, 0.05) is 11.1 Å². The number of benzene rings is 1. The molecule has 2 aliphatic rings. The van der Waals surface area contributed by atoms with Crippen molar-refractivity contribution in [1.29, 1.82) is 0 Å². The summed E-state index contributed by atoms with van der Waals surface area (Å²) in [6.07, 6.45) is 10.2. The molecule has 0 aliphatic carbocycles. The van der Waals surface area contributed by atoms with E-state index in [0.29, 0.717) is 0 Å². The fourth-order valence-corrected chi connectivity index (χ4v) is 2.63. The highest BCUT2D eigenvalue weighted by Gasteiger charge is 2.28. The molecule has 0 bridgehead atoms. The number of hydrogen-bond donors (Lipinski definition) is 0. The van der Waals surface area contributed by atoms with Gasteiger partial charge in [-0.3, -0.25) is 0 Å². The Bertz CT molecular complexity index is 395. The predicted octanol–water partition coefficient (Wildman–Crippen LogP) is 2.74. The van der Waals surface area contributed by atoms with Crippen LogP contribution in [-0.4, -0.2) is 4.31 Å². The van der Waals surface area contributed by atoms with Gasteiger partial charge in [0.2, 0.25) is 0 Å². The minimum Gasteiger partial charge on any atom is -0.307 e. The molecule has 0 saturated heterocycles. The third-order valence-corrected chi connectivity index (χ3v) is 3.31. The highest BCUT2D eigenvalue weighted by atomic mass is 32.2. The lowest BCUT2D eigenvalue weighted by Crippen LogP contribution is -2.10. The third kappa shape index (κ3) is 1.02. The number of hydrogen-bond acceptors (Lipinski definition) is 2. The van der Waals surface area contributed by atoms with Crippen LogP contribution in [0.2, 0.25) is 0 Å². The molecule has 62 valence electrons. The van der Waals surface area contributed by atoms with Crippen LogP contribution in [0, 0.1) is 12.2 Å². The first-order valence-electron chi connectivity index (χ1n) is 4.18. The Morgan fingerprint density at radius 1 is 1.31 bits per heavy atom. The van der Waals surface area contributed by atoms with Gasteiger partial charge in [-0.25, -0.2) is 0 Å². The predicted molar refractivity (Wildman–Crippen MR) is 52.5 cm³/mol. The van der Waals surface area contributed by atoms with Crippen LogP contribution in [0.15, 0.2) is 41.4 Å². The first-order valence-corrected chi connectivity index (χ1v) is 4.95. The summed E-state index contributed by atoms with van der Waals surface area (Å²) in [4.78, 5) is 1.33. The van der Waals surface area contributed by atoms with Crippen LogP contribution < -0.4 is 0 Å². The summed E-state index contributed by atoms with van der Waals surface area (Å²) in [6.45, 7) is 0. The molecule has 1 nitrogen and oxygen atoms in total.